The van der Waals surface area contributed by atoms with E-state index in [0.29, 0.717) is 5.69 Å². The van der Waals surface area contributed by atoms with Crippen molar-refractivity contribution in [3.8, 4) is 0 Å². The van der Waals surface area contributed by atoms with E-state index in [2.05, 4.69) is 4.36 Å². The van der Waals surface area contributed by atoms with Crippen molar-refractivity contribution in [1.29, 1.82) is 0 Å². The molecule has 13 heavy (non-hydrogen) atoms. The van der Waals surface area contributed by atoms with Crippen LogP contribution in [-0.4, -0.2) is 22.5 Å². The third-order valence-corrected chi connectivity index (χ3v) is 1.88. The molecule has 70 valence electrons. The minimum absolute atomic E-state index is 0.459. The average molecular weight is 198 g/mol. The zero-order valence-corrected chi connectivity index (χ0v) is 8.25. The molecule has 1 aromatic carbocycles. The van der Waals surface area contributed by atoms with Crippen LogP contribution in [0.3, 0.4) is 0 Å². The van der Waals surface area contributed by atoms with Gasteiger partial charge in [-0.25, -0.2) is 0 Å². The normalized spacial score (nSPS) is 9.38. The predicted octanol–water partition coefficient (Wildman–Crippen LogP) is 1.45. The van der Waals surface area contributed by atoms with Crippen molar-refractivity contribution in [1.82, 2.24) is 0 Å². The van der Waals surface area contributed by atoms with Crippen LogP contribution in [0.1, 0.15) is 0 Å². The number of benzene rings is 1. The highest BCUT2D eigenvalue weighted by Gasteiger charge is 2.01. The van der Waals surface area contributed by atoms with Gasteiger partial charge in [0.1, 0.15) is 5.69 Å². The second-order valence-electron chi connectivity index (χ2n) is 2.69. The summed E-state index contributed by atoms with van der Waals surface area (Å²) in [4.78, 5) is 1.81. The van der Waals surface area contributed by atoms with Crippen molar-refractivity contribution < 1.29 is 8.42 Å². The number of hydrogen-bond donors (Lipinski definition) is 0. The lowest BCUT2D eigenvalue weighted by Gasteiger charge is -2.13. The summed E-state index contributed by atoms with van der Waals surface area (Å²) in [6, 6.07) is 7.05. The van der Waals surface area contributed by atoms with Crippen molar-refractivity contribution in [3.05, 3.63) is 24.3 Å². The molecule has 0 aliphatic heterocycles. The number of rotatable bonds is 2. The van der Waals surface area contributed by atoms with Crippen molar-refractivity contribution in [2.24, 2.45) is 4.36 Å². The largest absolute Gasteiger partial charge is 0.376 e. The molecule has 0 bridgehead atoms. The van der Waals surface area contributed by atoms with E-state index in [1.165, 1.54) is 0 Å². The van der Waals surface area contributed by atoms with Crippen molar-refractivity contribution >= 4 is 21.9 Å². The van der Waals surface area contributed by atoms with Gasteiger partial charge in [0.2, 0.25) is 0 Å². The Hall–Kier alpha value is -1.36. The first-order valence-electron chi connectivity index (χ1n) is 3.68. The van der Waals surface area contributed by atoms with Crippen LogP contribution in [0.5, 0.6) is 0 Å². The highest BCUT2D eigenvalue weighted by atomic mass is 32.2. The summed E-state index contributed by atoms with van der Waals surface area (Å²) in [6.45, 7) is 0. The lowest BCUT2D eigenvalue weighted by Crippen LogP contribution is -2.08. The number of anilines is 1. The quantitative estimate of drug-likeness (QED) is 0.722. The predicted molar refractivity (Wildman–Crippen MR) is 51.8 cm³/mol. The minimum Gasteiger partial charge on any atom is -0.376 e. The summed E-state index contributed by atoms with van der Waals surface area (Å²) < 4.78 is 24.2. The van der Waals surface area contributed by atoms with E-state index < -0.39 is 10.5 Å². The Kier molecular flexibility index (Phi) is 3.02. The maximum absolute atomic E-state index is 10.4. The SMILES string of the molecule is CN(C)c1ccccc1N=S(=O)=O. The van der Waals surface area contributed by atoms with E-state index in [1.807, 2.05) is 31.1 Å². The van der Waals surface area contributed by atoms with Crippen molar-refractivity contribution in [2.75, 3.05) is 19.0 Å². The monoisotopic (exact) mass is 198 g/mol. The minimum atomic E-state index is -2.40. The lowest BCUT2D eigenvalue weighted by molar-refractivity contribution is 0.622. The molecule has 0 aliphatic rings. The van der Waals surface area contributed by atoms with Gasteiger partial charge >= 0.3 is 10.5 Å². The fraction of sp³-hybridized carbons (Fsp3) is 0.250. The number of hydrogen-bond acceptors (Lipinski definition) is 4. The van der Waals surface area contributed by atoms with Gasteiger partial charge in [-0.15, -0.1) is 4.36 Å². The fourth-order valence-corrected chi connectivity index (χ4v) is 1.31. The van der Waals surface area contributed by atoms with E-state index >= 15 is 0 Å². The molecule has 5 heteroatoms. The second kappa shape index (κ2) is 4.04. The van der Waals surface area contributed by atoms with E-state index in [0.717, 1.165) is 5.69 Å². The summed E-state index contributed by atoms with van der Waals surface area (Å²) in [7, 11) is 1.28. The van der Waals surface area contributed by atoms with Crippen LogP contribution < -0.4 is 4.90 Å². The smallest absolute Gasteiger partial charge is 0.316 e. The zero-order chi connectivity index (χ0) is 9.84. The molecular weight excluding hydrogens is 188 g/mol. The van der Waals surface area contributed by atoms with E-state index in [-0.39, 0.29) is 0 Å². The van der Waals surface area contributed by atoms with Crippen LogP contribution in [0.2, 0.25) is 0 Å². The number of nitrogens with zero attached hydrogens (tertiary/aromatic N) is 2. The molecule has 0 aliphatic carbocycles. The van der Waals surface area contributed by atoms with Gasteiger partial charge in [-0.3, -0.25) is 0 Å². The van der Waals surface area contributed by atoms with Crippen molar-refractivity contribution in [2.45, 2.75) is 0 Å². The summed E-state index contributed by atoms with van der Waals surface area (Å²) in [5.41, 5.74) is 1.24. The Balaban J connectivity index is 3.28. The van der Waals surface area contributed by atoms with Gasteiger partial charge < -0.3 is 4.90 Å². The molecule has 0 unspecified atom stereocenters. The third kappa shape index (κ3) is 2.55. The second-order valence-corrected chi connectivity index (χ2v) is 3.31. The fourth-order valence-electron chi connectivity index (χ4n) is 1.000. The number of para-hydroxylation sites is 1. The highest BCUT2D eigenvalue weighted by Crippen LogP contribution is 2.25. The van der Waals surface area contributed by atoms with Gasteiger partial charge in [0.05, 0.1) is 5.69 Å². The molecule has 1 rings (SSSR count). The molecule has 0 radical (unpaired) electrons. The van der Waals surface area contributed by atoms with Crippen LogP contribution in [0.4, 0.5) is 11.4 Å². The van der Waals surface area contributed by atoms with E-state index in [4.69, 9.17) is 0 Å². The Bertz CT molecular complexity index is 416. The summed E-state index contributed by atoms with van der Waals surface area (Å²) in [5, 5.41) is 0. The summed E-state index contributed by atoms with van der Waals surface area (Å²) >= 11 is 0. The molecule has 1 aromatic rings. The standard InChI is InChI=1S/C8H10N2O2S/c1-10(2)8-6-4-3-5-7(8)9-13(11)12/h3-6H,1-2H3. The van der Waals surface area contributed by atoms with E-state index in [1.54, 1.807) is 12.1 Å². The molecule has 0 heterocycles. The average Bonchev–Trinajstić information content (AvgIpc) is 2.03. The highest BCUT2D eigenvalue weighted by molar-refractivity contribution is 7.61. The molecule has 0 N–H and O–H groups in total. The molecule has 0 saturated heterocycles. The molecule has 0 atom stereocenters. The summed E-state index contributed by atoms with van der Waals surface area (Å²) in [6.07, 6.45) is 0. The third-order valence-electron chi connectivity index (χ3n) is 1.54. The van der Waals surface area contributed by atoms with Crippen LogP contribution in [-0.2, 0) is 10.5 Å². The van der Waals surface area contributed by atoms with Crippen molar-refractivity contribution in [3.63, 3.8) is 0 Å². The molecule has 0 saturated carbocycles. The first-order valence-corrected chi connectivity index (χ1v) is 4.72. The zero-order valence-electron chi connectivity index (χ0n) is 7.43. The lowest BCUT2D eigenvalue weighted by atomic mass is 10.2. The van der Waals surface area contributed by atoms with Gasteiger partial charge in [-0.2, -0.15) is 8.42 Å². The maximum atomic E-state index is 10.4. The topological polar surface area (TPSA) is 49.7 Å². The molecule has 0 amide bonds. The molecule has 0 spiro atoms. The van der Waals surface area contributed by atoms with Gasteiger partial charge in [0.25, 0.3) is 0 Å². The molecular formula is C8H10N2O2S. The Morgan fingerprint density at radius 3 is 2.38 bits per heavy atom. The summed E-state index contributed by atoms with van der Waals surface area (Å²) in [5.74, 6) is 0. The molecule has 0 fully saturated rings. The first kappa shape index (κ1) is 9.73. The van der Waals surface area contributed by atoms with Crippen LogP contribution in [0.25, 0.3) is 0 Å². The van der Waals surface area contributed by atoms with Crippen LogP contribution in [0, 0.1) is 0 Å². The Morgan fingerprint density at radius 1 is 1.23 bits per heavy atom. The Morgan fingerprint density at radius 2 is 1.85 bits per heavy atom. The molecule has 0 aromatic heterocycles. The van der Waals surface area contributed by atoms with Gasteiger partial charge in [-0.1, -0.05) is 12.1 Å². The Labute approximate surface area is 78.5 Å². The van der Waals surface area contributed by atoms with Gasteiger partial charge in [0, 0.05) is 14.1 Å². The van der Waals surface area contributed by atoms with Crippen LogP contribution >= 0.6 is 0 Å². The van der Waals surface area contributed by atoms with Gasteiger partial charge in [-0.05, 0) is 12.1 Å². The first-order chi connectivity index (χ1) is 6.11. The van der Waals surface area contributed by atoms with Gasteiger partial charge in [0.15, 0.2) is 0 Å². The molecule has 4 nitrogen and oxygen atoms in total. The maximum Gasteiger partial charge on any atom is 0.316 e. The van der Waals surface area contributed by atoms with E-state index in [9.17, 15) is 8.42 Å². The van der Waals surface area contributed by atoms with Crippen LogP contribution in [0.15, 0.2) is 28.6 Å².